The SMILES string of the molecule is CC(C)N1CCOC(CN(CCO)C2CCCC2)C1. The molecule has 1 saturated heterocycles. The maximum atomic E-state index is 9.27. The van der Waals surface area contributed by atoms with Gasteiger partial charge >= 0.3 is 0 Å². The molecule has 1 aliphatic carbocycles. The summed E-state index contributed by atoms with van der Waals surface area (Å²) < 4.78 is 5.93. The van der Waals surface area contributed by atoms with Crippen molar-refractivity contribution in [2.75, 3.05) is 39.4 Å². The summed E-state index contributed by atoms with van der Waals surface area (Å²) in [5.74, 6) is 0. The standard InChI is InChI=1S/C15H30N2O2/c1-13(2)16-8-10-19-15(11-16)12-17(7-9-18)14-5-3-4-6-14/h13-15,18H,3-12H2,1-2H3. The average molecular weight is 270 g/mol. The minimum Gasteiger partial charge on any atom is -0.395 e. The van der Waals surface area contributed by atoms with Gasteiger partial charge in [0, 0.05) is 38.3 Å². The normalized spacial score (nSPS) is 26.7. The molecule has 4 heteroatoms. The first-order valence-electron chi connectivity index (χ1n) is 7.91. The summed E-state index contributed by atoms with van der Waals surface area (Å²) in [5.41, 5.74) is 0. The van der Waals surface area contributed by atoms with Crippen molar-refractivity contribution < 1.29 is 9.84 Å². The van der Waals surface area contributed by atoms with E-state index in [9.17, 15) is 5.11 Å². The minimum absolute atomic E-state index is 0.261. The van der Waals surface area contributed by atoms with Gasteiger partial charge in [-0.05, 0) is 26.7 Å². The van der Waals surface area contributed by atoms with Crippen molar-refractivity contribution in [2.24, 2.45) is 0 Å². The third-order valence-electron chi connectivity index (χ3n) is 4.57. The lowest BCUT2D eigenvalue weighted by atomic mass is 10.1. The number of ether oxygens (including phenoxy) is 1. The van der Waals surface area contributed by atoms with Crippen LogP contribution in [0.25, 0.3) is 0 Å². The second kappa shape index (κ2) is 7.58. The van der Waals surface area contributed by atoms with E-state index in [0.29, 0.717) is 18.2 Å². The Balaban J connectivity index is 1.85. The predicted molar refractivity (Wildman–Crippen MR) is 77.4 cm³/mol. The van der Waals surface area contributed by atoms with Crippen molar-refractivity contribution in [2.45, 2.75) is 57.7 Å². The van der Waals surface area contributed by atoms with Gasteiger partial charge in [0.25, 0.3) is 0 Å². The van der Waals surface area contributed by atoms with Crippen molar-refractivity contribution in [1.82, 2.24) is 9.80 Å². The van der Waals surface area contributed by atoms with Gasteiger partial charge in [-0.15, -0.1) is 0 Å². The van der Waals surface area contributed by atoms with Crippen molar-refractivity contribution >= 4 is 0 Å². The molecule has 2 rings (SSSR count). The van der Waals surface area contributed by atoms with Crippen LogP contribution in [-0.4, -0.2) is 72.5 Å². The van der Waals surface area contributed by atoms with E-state index >= 15 is 0 Å². The molecule has 2 fully saturated rings. The Hall–Kier alpha value is -0.160. The summed E-state index contributed by atoms with van der Waals surface area (Å²) in [4.78, 5) is 4.96. The Morgan fingerprint density at radius 2 is 2.05 bits per heavy atom. The summed E-state index contributed by atoms with van der Waals surface area (Å²) in [6, 6.07) is 1.27. The Labute approximate surface area is 117 Å². The molecule has 0 aromatic carbocycles. The van der Waals surface area contributed by atoms with Crippen LogP contribution in [0.15, 0.2) is 0 Å². The summed E-state index contributed by atoms with van der Waals surface area (Å²) in [7, 11) is 0. The maximum Gasteiger partial charge on any atom is 0.0829 e. The molecule has 2 aliphatic rings. The number of rotatable bonds is 6. The van der Waals surface area contributed by atoms with Crippen LogP contribution < -0.4 is 0 Å². The third-order valence-corrected chi connectivity index (χ3v) is 4.57. The first kappa shape index (κ1) is 15.2. The second-order valence-corrected chi connectivity index (χ2v) is 6.24. The van der Waals surface area contributed by atoms with Crippen LogP contribution in [0.1, 0.15) is 39.5 Å². The van der Waals surface area contributed by atoms with Crippen LogP contribution in [0.2, 0.25) is 0 Å². The molecule has 1 unspecified atom stereocenters. The first-order valence-corrected chi connectivity index (χ1v) is 7.91. The van der Waals surface area contributed by atoms with Crippen LogP contribution in [0.3, 0.4) is 0 Å². The number of aliphatic hydroxyl groups is 1. The number of nitrogens with zero attached hydrogens (tertiary/aromatic N) is 2. The van der Waals surface area contributed by atoms with E-state index in [1.807, 2.05) is 0 Å². The highest BCUT2D eigenvalue weighted by atomic mass is 16.5. The molecule has 0 amide bonds. The van der Waals surface area contributed by atoms with Gasteiger partial charge in [0.05, 0.1) is 19.3 Å². The highest BCUT2D eigenvalue weighted by Gasteiger charge is 2.28. The number of aliphatic hydroxyl groups excluding tert-OH is 1. The topological polar surface area (TPSA) is 35.9 Å². The highest BCUT2D eigenvalue weighted by molar-refractivity contribution is 4.82. The molecular weight excluding hydrogens is 240 g/mol. The number of morpholine rings is 1. The highest BCUT2D eigenvalue weighted by Crippen LogP contribution is 2.24. The molecule has 1 heterocycles. The monoisotopic (exact) mass is 270 g/mol. The van der Waals surface area contributed by atoms with Crippen molar-refractivity contribution in [3.05, 3.63) is 0 Å². The zero-order valence-electron chi connectivity index (χ0n) is 12.6. The van der Waals surface area contributed by atoms with Gasteiger partial charge in [-0.2, -0.15) is 0 Å². The zero-order chi connectivity index (χ0) is 13.7. The molecule has 0 spiro atoms. The van der Waals surface area contributed by atoms with Gasteiger partial charge in [0.2, 0.25) is 0 Å². The van der Waals surface area contributed by atoms with Gasteiger partial charge in [-0.3, -0.25) is 9.80 Å². The fraction of sp³-hybridized carbons (Fsp3) is 1.00. The van der Waals surface area contributed by atoms with Gasteiger partial charge in [-0.1, -0.05) is 12.8 Å². The number of hydrogen-bond donors (Lipinski definition) is 1. The van der Waals surface area contributed by atoms with E-state index in [4.69, 9.17) is 4.74 Å². The van der Waals surface area contributed by atoms with Crippen molar-refractivity contribution in [1.29, 1.82) is 0 Å². The lowest BCUT2D eigenvalue weighted by Gasteiger charge is -2.39. The molecule has 1 N–H and O–H groups in total. The van der Waals surface area contributed by atoms with E-state index in [1.165, 1.54) is 25.7 Å². The second-order valence-electron chi connectivity index (χ2n) is 6.24. The molecule has 0 aromatic heterocycles. The molecule has 1 atom stereocenters. The lowest BCUT2D eigenvalue weighted by Crippen LogP contribution is -2.51. The predicted octanol–water partition coefficient (Wildman–Crippen LogP) is 1.33. The van der Waals surface area contributed by atoms with Crippen LogP contribution >= 0.6 is 0 Å². The summed E-state index contributed by atoms with van der Waals surface area (Å²) in [6.45, 7) is 9.48. The molecule has 0 bridgehead atoms. The first-order chi connectivity index (χ1) is 9.20. The van der Waals surface area contributed by atoms with Gasteiger partial charge < -0.3 is 9.84 Å². The summed E-state index contributed by atoms with van der Waals surface area (Å²) in [6.07, 6.45) is 5.58. The Kier molecular flexibility index (Phi) is 6.07. The lowest BCUT2D eigenvalue weighted by molar-refractivity contribution is -0.0580. The molecule has 19 heavy (non-hydrogen) atoms. The quantitative estimate of drug-likeness (QED) is 0.790. The third kappa shape index (κ3) is 4.42. The van der Waals surface area contributed by atoms with E-state index in [2.05, 4.69) is 23.6 Å². The van der Waals surface area contributed by atoms with E-state index < -0.39 is 0 Å². The smallest absolute Gasteiger partial charge is 0.0829 e. The van der Waals surface area contributed by atoms with Crippen LogP contribution in [0, 0.1) is 0 Å². The Morgan fingerprint density at radius 3 is 2.68 bits per heavy atom. The van der Waals surface area contributed by atoms with Gasteiger partial charge in [-0.25, -0.2) is 0 Å². The Morgan fingerprint density at radius 1 is 1.32 bits per heavy atom. The summed E-state index contributed by atoms with van der Waals surface area (Å²) >= 11 is 0. The molecule has 112 valence electrons. The zero-order valence-corrected chi connectivity index (χ0v) is 12.6. The van der Waals surface area contributed by atoms with Gasteiger partial charge in [0.15, 0.2) is 0 Å². The molecular formula is C15H30N2O2. The average Bonchev–Trinajstić information content (AvgIpc) is 2.92. The Bertz CT molecular complexity index is 255. The van der Waals surface area contributed by atoms with E-state index in [0.717, 1.165) is 32.8 Å². The van der Waals surface area contributed by atoms with Crippen molar-refractivity contribution in [3.63, 3.8) is 0 Å². The molecule has 1 aliphatic heterocycles. The molecule has 1 saturated carbocycles. The van der Waals surface area contributed by atoms with Crippen LogP contribution in [0.4, 0.5) is 0 Å². The molecule has 4 nitrogen and oxygen atoms in total. The minimum atomic E-state index is 0.261. The van der Waals surface area contributed by atoms with Gasteiger partial charge in [0.1, 0.15) is 0 Å². The number of hydrogen-bond acceptors (Lipinski definition) is 4. The largest absolute Gasteiger partial charge is 0.395 e. The van der Waals surface area contributed by atoms with E-state index in [1.54, 1.807) is 0 Å². The fourth-order valence-corrected chi connectivity index (χ4v) is 3.40. The maximum absolute atomic E-state index is 9.27. The van der Waals surface area contributed by atoms with Crippen molar-refractivity contribution in [3.8, 4) is 0 Å². The fourth-order valence-electron chi connectivity index (χ4n) is 3.40. The van der Waals surface area contributed by atoms with Crippen LogP contribution in [0.5, 0.6) is 0 Å². The summed E-state index contributed by atoms with van der Waals surface area (Å²) in [5, 5.41) is 9.27. The molecule has 0 radical (unpaired) electrons. The van der Waals surface area contributed by atoms with Crippen LogP contribution in [-0.2, 0) is 4.74 Å². The molecule has 0 aromatic rings. The van der Waals surface area contributed by atoms with E-state index in [-0.39, 0.29) is 6.61 Å².